The number of likely N-dealkylation sites (tertiary alicyclic amines) is 1. The van der Waals surface area contributed by atoms with Crippen molar-refractivity contribution in [2.24, 2.45) is 11.8 Å². The van der Waals surface area contributed by atoms with Crippen LogP contribution in [0.5, 0.6) is 11.5 Å². The summed E-state index contributed by atoms with van der Waals surface area (Å²) in [4.78, 5) is 26.8. The van der Waals surface area contributed by atoms with E-state index in [4.69, 9.17) is 14.2 Å². The normalized spacial score (nSPS) is 28.9. The quantitative estimate of drug-likeness (QED) is 0.656. The lowest BCUT2D eigenvalue weighted by Gasteiger charge is -2.53. The zero-order valence-corrected chi connectivity index (χ0v) is 21.5. The van der Waals surface area contributed by atoms with Gasteiger partial charge in [0, 0.05) is 60.2 Å². The molecular weight excluding hydrogens is 456 g/mol. The molecule has 2 amide bonds. The van der Waals surface area contributed by atoms with Crippen LogP contribution in [0.3, 0.4) is 0 Å². The number of nitrogens with zero attached hydrogens (tertiary/aromatic N) is 1. The Hall–Kier alpha value is -2.13. The van der Waals surface area contributed by atoms with Gasteiger partial charge in [0.15, 0.2) is 11.5 Å². The summed E-state index contributed by atoms with van der Waals surface area (Å²) in [5.74, 6) is 1.81. The van der Waals surface area contributed by atoms with E-state index in [2.05, 4.69) is 25.2 Å². The van der Waals surface area contributed by atoms with Gasteiger partial charge in [-0.2, -0.15) is 0 Å². The van der Waals surface area contributed by atoms with E-state index in [9.17, 15) is 13.8 Å². The van der Waals surface area contributed by atoms with Gasteiger partial charge in [0.25, 0.3) is 0 Å². The lowest BCUT2D eigenvalue weighted by atomic mass is 9.70. The number of piperidine rings is 1. The molecule has 2 fully saturated rings. The van der Waals surface area contributed by atoms with Crippen molar-refractivity contribution in [2.75, 3.05) is 32.2 Å². The number of hydrogen-bond donors (Lipinski definition) is 1. The largest absolute Gasteiger partial charge is 0.493 e. The third-order valence-corrected chi connectivity index (χ3v) is 8.19. The highest BCUT2D eigenvalue weighted by atomic mass is 32.2. The van der Waals surface area contributed by atoms with E-state index in [1.165, 1.54) is 6.92 Å². The maximum Gasteiger partial charge on any atom is 0.245 e. The van der Waals surface area contributed by atoms with E-state index >= 15 is 0 Å². The van der Waals surface area contributed by atoms with Crippen molar-refractivity contribution in [3.63, 3.8) is 0 Å². The van der Waals surface area contributed by atoms with Gasteiger partial charge < -0.3 is 24.4 Å². The van der Waals surface area contributed by atoms with Crippen LogP contribution in [0.1, 0.15) is 51.7 Å². The molecule has 1 aromatic rings. The molecule has 0 bridgehead atoms. The molecule has 6 atom stereocenters. The second kappa shape index (κ2) is 9.85. The van der Waals surface area contributed by atoms with E-state index in [-0.39, 0.29) is 35.9 Å². The van der Waals surface area contributed by atoms with E-state index in [1.54, 1.807) is 13.4 Å². The average Bonchev–Trinajstić information content (AvgIpc) is 2.79. The maximum atomic E-state index is 13.3. The lowest BCUT2D eigenvalue weighted by molar-refractivity contribution is -0.189. The topological polar surface area (TPSA) is 94.2 Å². The van der Waals surface area contributed by atoms with Gasteiger partial charge in [-0.25, -0.2) is 0 Å². The standard InChI is InChI=1S/C25H36N2O6S/c1-15(28)26-19(10-12-34(5)30)24(29)27-11-9-20-16(14-27)13-18-22(32-20)17-7-6-8-21(31-4)23(17)33-25(18,2)3/h6-8,16,18-20,22H,9-14H2,1-5H3,(H,26,28)/t16-,18+,19+,20+,22-,34+/m1/s1. The number of carbonyl (C=O) groups is 2. The zero-order valence-electron chi connectivity index (χ0n) is 20.7. The molecule has 3 aliphatic heterocycles. The SMILES string of the molecule is COc1cccc2c1OC(C)(C)[C@H]1C[C@@H]3CN(C(=O)[C@H](CC[S@](C)=O)NC(C)=O)CC[C@@H]3O[C@H]21. The number of fused-ring (bicyclic) bond motifs is 4. The van der Waals surface area contributed by atoms with Gasteiger partial charge in [-0.1, -0.05) is 12.1 Å². The number of amides is 2. The molecule has 2 saturated heterocycles. The summed E-state index contributed by atoms with van der Waals surface area (Å²) < 4.78 is 30.3. The number of hydrogen-bond acceptors (Lipinski definition) is 6. The highest BCUT2D eigenvalue weighted by molar-refractivity contribution is 7.84. The Morgan fingerprint density at radius 1 is 1.35 bits per heavy atom. The van der Waals surface area contributed by atoms with Crippen molar-refractivity contribution < 1.29 is 28.0 Å². The molecule has 34 heavy (non-hydrogen) atoms. The van der Waals surface area contributed by atoms with Crippen LogP contribution in [0, 0.1) is 11.8 Å². The Labute approximate surface area is 204 Å². The molecule has 4 rings (SSSR count). The summed E-state index contributed by atoms with van der Waals surface area (Å²) in [5.41, 5.74) is 0.576. The first-order valence-corrected chi connectivity index (χ1v) is 13.7. The summed E-state index contributed by atoms with van der Waals surface area (Å²) >= 11 is 0. The highest BCUT2D eigenvalue weighted by Gasteiger charge is 2.52. The minimum absolute atomic E-state index is 0.0561. The van der Waals surface area contributed by atoms with Gasteiger partial charge in [0.2, 0.25) is 11.8 Å². The predicted octanol–water partition coefficient (Wildman–Crippen LogP) is 2.43. The fourth-order valence-corrected chi connectivity index (χ4v) is 6.23. The summed E-state index contributed by atoms with van der Waals surface area (Å²) in [6.07, 6.45) is 3.58. The van der Waals surface area contributed by atoms with Crippen molar-refractivity contribution in [3.8, 4) is 11.5 Å². The first kappa shape index (κ1) is 25.0. The third-order valence-electron chi connectivity index (χ3n) is 7.38. The minimum atomic E-state index is -1.03. The Morgan fingerprint density at radius 3 is 2.79 bits per heavy atom. The fraction of sp³-hybridized carbons (Fsp3) is 0.680. The molecule has 0 spiro atoms. The summed E-state index contributed by atoms with van der Waals surface area (Å²) in [7, 11) is 0.620. The van der Waals surface area contributed by atoms with Crippen molar-refractivity contribution in [3.05, 3.63) is 23.8 Å². The van der Waals surface area contributed by atoms with Crippen LogP contribution in [-0.4, -0.2) is 70.9 Å². The molecule has 8 nitrogen and oxygen atoms in total. The summed E-state index contributed by atoms with van der Waals surface area (Å²) in [6, 6.07) is 5.28. The fourth-order valence-electron chi connectivity index (χ4n) is 5.66. The van der Waals surface area contributed by atoms with Crippen molar-refractivity contribution >= 4 is 22.6 Å². The molecule has 0 radical (unpaired) electrons. The molecule has 0 aliphatic carbocycles. The van der Waals surface area contributed by atoms with Crippen molar-refractivity contribution in [1.29, 1.82) is 0 Å². The van der Waals surface area contributed by atoms with Crippen molar-refractivity contribution in [1.82, 2.24) is 10.2 Å². The lowest BCUT2D eigenvalue weighted by Crippen LogP contribution is -2.58. The third kappa shape index (κ3) is 4.96. The molecule has 3 heterocycles. The average molecular weight is 493 g/mol. The van der Waals surface area contributed by atoms with E-state index in [1.807, 2.05) is 17.0 Å². The van der Waals surface area contributed by atoms with Crippen LogP contribution in [0.15, 0.2) is 18.2 Å². The molecule has 3 aliphatic rings. The second-order valence-corrected chi connectivity index (χ2v) is 11.7. The van der Waals surface area contributed by atoms with Gasteiger partial charge in [-0.05, 0) is 39.2 Å². The summed E-state index contributed by atoms with van der Waals surface area (Å²) in [5, 5.41) is 2.76. The van der Waals surface area contributed by atoms with Gasteiger partial charge in [-0.3, -0.25) is 13.8 Å². The van der Waals surface area contributed by atoms with E-state index < -0.39 is 22.4 Å². The van der Waals surface area contributed by atoms with Gasteiger partial charge in [0.1, 0.15) is 11.6 Å². The van der Waals surface area contributed by atoms with E-state index in [0.29, 0.717) is 31.0 Å². The van der Waals surface area contributed by atoms with Crippen LogP contribution >= 0.6 is 0 Å². The molecule has 1 aromatic carbocycles. The Morgan fingerprint density at radius 2 is 2.12 bits per heavy atom. The zero-order chi connectivity index (χ0) is 24.6. The molecule has 1 N–H and O–H groups in total. The molecule has 9 heteroatoms. The monoisotopic (exact) mass is 492 g/mol. The first-order chi connectivity index (χ1) is 16.1. The molecule has 0 saturated carbocycles. The number of rotatable bonds is 6. The maximum absolute atomic E-state index is 13.3. The molecule has 0 aromatic heterocycles. The number of methoxy groups -OCH3 is 1. The van der Waals surface area contributed by atoms with Crippen LogP contribution in [0.25, 0.3) is 0 Å². The minimum Gasteiger partial charge on any atom is -0.493 e. The van der Waals surface area contributed by atoms with Crippen LogP contribution in [0.4, 0.5) is 0 Å². The Balaban J connectivity index is 1.51. The number of para-hydroxylation sites is 1. The summed E-state index contributed by atoms with van der Waals surface area (Å²) in [6.45, 7) is 6.75. The predicted molar refractivity (Wildman–Crippen MR) is 129 cm³/mol. The molecular formula is C25H36N2O6S. The molecule has 188 valence electrons. The number of nitrogens with one attached hydrogen (secondary N) is 1. The van der Waals surface area contributed by atoms with Crippen LogP contribution in [-0.2, 0) is 25.1 Å². The van der Waals surface area contributed by atoms with Crippen molar-refractivity contribution in [2.45, 2.75) is 63.9 Å². The second-order valence-electron chi connectivity index (χ2n) is 10.2. The molecule has 0 unspecified atom stereocenters. The first-order valence-electron chi connectivity index (χ1n) is 12.0. The number of carbonyl (C=O) groups excluding carboxylic acids is 2. The van der Waals surface area contributed by atoms with Gasteiger partial charge in [-0.15, -0.1) is 0 Å². The van der Waals surface area contributed by atoms with Gasteiger partial charge >= 0.3 is 0 Å². The Kier molecular flexibility index (Phi) is 7.24. The number of ether oxygens (including phenoxy) is 3. The highest BCUT2D eigenvalue weighted by Crippen LogP contribution is 2.55. The number of benzene rings is 1. The Bertz CT molecular complexity index is 967. The van der Waals surface area contributed by atoms with Gasteiger partial charge in [0.05, 0.1) is 19.3 Å². The van der Waals surface area contributed by atoms with E-state index in [0.717, 1.165) is 24.2 Å². The smallest absolute Gasteiger partial charge is 0.245 e. The van der Waals surface area contributed by atoms with Crippen LogP contribution in [0.2, 0.25) is 0 Å². The van der Waals surface area contributed by atoms with Crippen LogP contribution < -0.4 is 14.8 Å².